The van der Waals surface area contributed by atoms with Gasteiger partial charge in [0.2, 0.25) is 11.8 Å². The Morgan fingerprint density at radius 1 is 1.21 bits per heavy atom. The Labute approximate surface area is 171 Å². The maximum atomic E-state index is 14.5. The molecule has 1 aromatic carbocycles. The van der Waals surface area contributed by atoms with Crippen LogP contribution in [0, 0.1) is 11.2 Å². The summed E-state index contributed by atoms with van der Waals surface area (Å²) in [4.78, 5) is 21.6. The summed E-state index contributed by atoms with van der Waals surface area (Å²) in [5.41, 5.74) is 6.42. The van der Waals surface area contributed by atoms with E-state index in [1.54, 1.807) is 56.4 Å². The Morgan fingerprint density at radius 2 is 2.00 bits per heavy atom. The fourth-order valence-electron chi connectivity index (χ4n) is 3.55. The third kappa shape index (κ3) is 3.27. The number of rotatable bonds is 3. The molecule has 1 atom stereocenters. The molecule has 148 valence electrons. The molecule has 0 radical (unpaired) electrons. The van der Waals surface area contributed by atoms with Crippen LogP contribution in [-0.2, 0) is 4.79 Å². The number of halogens is 2. The summed E-state index contributed by atoms with van der Waals surface area (Å²) in [6.45, 7) is 3.54. The van der Waals surface area contributed by atoms with E-state index in [9.17, 15) is 9.18 Å². The molecular weight excluding hydrogens is 395 g/mol. The van der Waals surface area contributed by atoms with Gasteiger partial charge < -0.3 is 15.8 Å². The molecule has 0 bridgehead atoms. The molecule has 3 aromatic rings. The van der Waals surface area contributed by atoms with E-state index >= 15 is 0 Å². The number of aromatic nitrogens is 2. The smallest absolute Gasteiger partial charge is 0.232 e. The van der Waals surface area contributed by atoms with Gasteiger partial charge in [0.05, 0.1) is 11.1 Å². The van der Waals surface area contributed by atoms with Crippen LogP contribution in [0.1, 0.15) is 30.9 Å². The number of amides is 1. The number of benzene rings is 1. The number of carbonyl (C=O) groups is 1. The largest absolute Gasteiger partial charge is 0.435 e. The molecule has 29 heavy (non-hydrogen) atoms. The van der Waals surface area contributed by atoms with Gasteiger partial charge in [0.25, 0.3) is 0 Å². The molecule has 0 fully saturated rings. The molecule has 3 N–H and O–H groups in total. The van der Waals surface area contributed by atoms with Crippen LogP contribution in [0.4, 0.5) is 15.9 Å². The second kappa shape index (κ2) is 7.00. The van der Waals surface area contributed by atoms with Crippen molar-refractivity contribution in [2.45, 2.75) is 19.8 Å². The summed E-state index contributed by atoms with van der Waals surface area (Å²) >= 11 is 6.01. The minimum atomic E-state index is -1.03. The SMILES string of the molecule is CC(C)(C(=O)Nc1ncccc1N)[C@@H]1c2ccc(Cl)nc2Oc2c(F)cccc21. The molecule has 6 nitrogen and oxygen atoms in total. The molecule has 1 aliphatic rings. The third-order valence-electron chi connectivity index (χ3n) is 5.05. The summed E-state index contributed by atoms with van der Waals surface area (Å²) in [6, 6.07) is 11.3. The van der Waals surface area contributed by atoms with Crippen molar-refractivity contribution in [2.24, 2.45) is 5.41 Å². The van der Waals surface area contributed by atoms with Gasteiger partial charge in [-0.1, -0.05) is 37.6 Å². The van der Waals surface area contributed by atoms with Crippen molar-refractivity contribution in [1.82, 2.24) is 9.97 Å². The van der Waals surface area contributed by atoms with Crippen molar-refractivity contribution in [3.8, 4) is 11.6 Å². The lowest BCUT2D eigenvalue weighted by atomic mass is 9.69. The normalized spacial score (nSPS) is 15.1. The van der Waals surface area contributed by atoms with Gasteiger partial charge in [0, 0.05) is 23.2 Å². The van der Waals surface area contributed by atoms with Gasteiger partial charge in [-0.3, -0.25) is 4.79 Å². The predicted molar refractivity (Wildman–Crippen MR) is 109 cm³/mol. The number of anilines is 2. The third-order valence-corrected chi connectivity index (χ3v) is 5.26. The zero-order chi connectivity index (χ0) is 20.8. The van der Waals surface area contributed by atoms with Crippen LogP contribution < -0.4 is 15.8 Å². The number of nitrogens with zero attached hydrogens (tertiary/aromatic N) is 2. The fourth-order valence-corrected chi connectivity index (χ4v) is 3.69. The van der Waals surface area contributed by atoms with E-state index in [0.717, 1.165) is 0 Å². The van der Waals surface area contributed by atoms with E-state index in [1.807, 2.05) is 0 Å². The zero-order valence-corrected chi connectivity index (χ0v) is 16.5. The lowest BCUT2D eigenvalue weighted by Crippen LogP contribution is -2.38. The highest BCUT2D eigenvalue weighted by molar-refractivity contribution is 6.29. The number of pyridine rings is 2. The first-order valence-electron chi connectivity index (χ1n) is 8.93. The van der Waals surface area contributed by atoms with Gasteiger partial charge in [0.1, 0.15) is 5.15 Å². The average molecular weight is 413 g/mol. The molecule has 0 aliphatic carbocycles. The molecule has 1 aliphatic heterocycles. The topological polar surface area (TPSA) is 90.1 Å². The first-order chi connectivity index (χ1) is 13.8. The van der Waals surface area contributed by atoms with Crippen molar-refractivity contribution in [3.05, 3.63) is 70.8 Å². The number of ether oxygens (including phenoxy) is 1. The molecule has 2 aromatic heterocycles. The van der Waals surface area contributed by atoms with Crippen molar-refractivity contribution < 1.29 is 13.9 Å². The van der Waals surface area contributed by atoms with Crippen LogP contribution >= 0.6 is 11.6 Å². The first kappa shape index (κ1) is 19.1. The molecule has 8 heteroatoms. The molecule has 0 saturated heterocycles. The highest BCUT2D eigenvalue weighted by atomic mass is 35.5. The monoisotopic (exact) mass is 412 g/mol. The number of hydrogen-bond donors (Lipinski definition) is 2. The molecule has 4 rings (SSSR count). The van der Waals surface area contributed by atoms with Crippen molar-refractivity contribution >= 4 is 29.0 Å². The lowest BCUT2D eigenvalue weighted by Gasteiger charge is -2.37. The Morgan fingerprint density at radius 3 is 2.76 bits per heavy atom. The number of nitrogens with two attached hydrogens (primary N) is 1. The minimum absolute atomic E-state index is 0.0398. The van der Waals surface area contributed by atoms with Gasteiger partial charge in [-0.05, 0) is 30.3 Å². The van der Waals surface area contributed by atoms with Crippen LogP contribution in [0.5, 0.6) is 11.6 Å². The second-order valence-electron chi connectivity index (χ2n) is 7.34. The van der Waals surface area contributed by atoms with Crippen LogP contribution in [0.3, 0.4) is 0 Å². The molecule has 0 unspecified atom stereocenters. The first-order valence-corrected chi connectivity index (χ1v) is 9.31. The quantitative estimate of drug-likeness (QED) is 0.605. The van der Waals surface area contributed by atoms with E-state index in [4.69, 9.17) is 22.1 Å². The number of nitrogens with one attached hydrogen (secondary N) is 1. The van der Waals surface area contributed by atoms with E-state index in [1.165, 1.54) is 6.07 Å². The van der Waals surface area contributed by atoms with Gasteiger partial charge in [-0.25, -0.2) is 14.4 Å². The lowest BCUT2D eigenvalue weighted by molar-refractivity contribution is -0.124. The van der Waals surface area contributed by atoms with Gasteiger partial charge in [-0.2, -0.15) is 0 Å². The molecular formula is C21H18ClFN4O2. The Kier molecular flexibility index (Phi) is 4.62. The van der Waals surface area contributed by atoms with Crippen LogP contribution in [0.25, 0.3) is 0 Å². The van der Waals surface area contributed by atoms with Crippen LogP contribution in [0.2, 0.25) is 5.15 Å². The highest BCUT2D eigenvalue weighted by Crippen LogP contribution is 2.52. The van der Waals surface area contributed by atoms with Gasteiger partial charge in [0.15, 0.2) is 17.4 Å². The van der Waals surface area contributed by atoms with E-state index < -0.39 is 17.2 Å². The molecule has 0 spiro atoms. The van der Waals surface area contributed by atoms with E-state index in [2.05, 4.69) is 15.3 Å². The maximum Gasteiger partial charge on any atom is 0.232 e. The summed E-state index contributed by atoms with van der Waals surface area (Å²) < 4.78 is 20.2. The summed E-state index contributed by atoms with van der Waals surface area (Å²) in [6.07, 6.45) is 1.54. The highest BCUT2D eigenvalue weighted by Gasteiger charge is 2.45. The Bertz CT molecular complexity index is 1120. The van der Waals surface area contributed by atoms with Crippen molar-refractivity contribution in [2.75, 3.05) is 11.1 Å². The molecule has 1 amide bonds. The number of carbonyl (C=O) groups excluding carboxylic acids is 1. The van der Waals surface area contributed by atoms with E-state index in [0.29, 0.717) is 16.8 Å². The van der Waals surface area contributed by atoms with Gasteiger partial charge >= 0.3 is 0 Å². The predicted octanol–water partition coefficient (Wildman–Crippen LogP) is 4.75. The number of nitrogen functional groups attached to an aromatic ring is 1. The van der Waals surface area contributed by atoms with Crippen molar-refractivity contribution in [1.29, 1.82) is 0 Å². The van der Waals surface area contributed by atoms with Crippen molar-refractivity contribution in [3.63, 3.8) is 0 Å². The Balaban J connectivity index is 1.82. The Hall–Kier alpha value is -3.19. The second-order valence-corrected chi connectivity index (χ2v) is 7.73. The standard InChI is InChI=1S/C21H18ClFN4O2/c1-21(2,20(28)27-18-14(24)7-4-10-25-18)16-11-5-3-6-13(23)17(11)29-19-12(16)8-9-15(22)26-19/h3-10,16H,24H2,1-2H3,(H,25,27,28)/t16-/m0/s1. The average Bonchev–Trinajstić information content (AvgIpc) is 2.68. The summed E-state index contributed by atoms with van der Waals surface area (Å²) in [5.74, 6) is -0.912. The maximum absolute atomic E-state index is 14.5. The summed E-state index contributed by atoms with van der Waals surface area (Å²) in [7, 11) is 0. The molecule has 0 saturated carbocycles. The van der Waals surface area contributed by atoms with Crippen LogP contribution in [-0.4, -0.2) is 15.9 Å². The summed E-state index contributed by atoms with van der Waals surface area (Å²) in [5, 5.41) is 2.99. The minimum Gasteiger partial charge on any atom is -0.435 e. The number of para-hydroxylation sites is 1. The van der Waals surface area contributed by atoms with Gasteiger partial charge in [-0.15, -0.1) is 0 Å². The number of fused-ring (bicyclic) bond motifs is 2. The zero-order valence-electron chi connectivity index (χ0n) is 15.7. The number of hydrogen-bond acceptors (Lipinski definition) is 5. The van der Waals surface area contributed by atoms with E-state index in [-0.39, 0.29) is 28.5 Å². The molecule has 3 heterocycles. The van der Waals surface area contributed by atoms with Crippen LogP contribution in [0.15, 0.2) is 48.7 Å². The fraction of sp³-hybridized carbons (Fsp3) is 0.190.